The van der Waals surface area contributed by atoms with Crippen LogP contribution in [0.2, 0.25) is 0 Å². The highest BCUT2D eigenvalue weighted by atomic mass is 79.9. The third kappa shape index (κ3) is 4.05. The zero-order valence-electron chi connectivity index (χ0n) is 13.9. The van der Waals surface area contributed by atoms with E-state index in [2.05, 4.69) is 45.1 Å². The SMILES string of the molecule is CCOc1cc(/C=N\n2c(C(CC)CC)n[nH]c2=S)cc(Br)c1O. The van der Waals surface area contributed by atoms with Crippen LogP contribution >= 0.6 is 28.1 Å². The normalized spacial score (nSPS) is 11.5. The number of aromatic nitrogens is 3. The fraction of sp³-hybridized carbons (Fsp3) is 0.438. The molecule has 1 aromatic carbocycles. The van der Waals surface area contributed by atoms with Crippen molar-refractivity contribution in [2.45, 2.75) is 39.5 Å². The number of aromatic hydroxyl groups is 1. The summed E-state index contributed by atoms with van der Waals surface area (Å²) in [6.07, 6.45) is 3.60. The lowest BCUT2D eigenvalue weighted by Crippen LogP contribution is -2.05. The standard InChI is InChI=1S/C16H21BrN4O2S/c1-4-11(5-2)15-19-20-16(24)21(15)18-9-10-7-12(17)14(22)13(8-10)23-6-3/h7-9,11,22H,4-6H2,1-3H3,(H,20,24)/b18-9-. The van der Waals surface area contributed by atoms with Gasteiger partial charge in [-0.15, -0.1) is 0 Å². The monoisotopic (exact) mass is 412 g/mol. The number of ether oxygens (including phenoxy) is 1. The fourth-order valence-corrected chi connectivity index (χ4v) is 3.04. The minimum Gasteiger partial charge on any atom is -0.503 e. The van der Waals surface area contributed by atoms with Gasteiger partial charge in [0.25, 0.3) is 0 Å². The Morgan fingerprint density at radius 1 is 1.42 bits per heavy atom. The van der Waals surface area contributed by atoms with Crippen molar-refractivity contribution < 1.29 is 9.84 Å². The summed E-state index contributed by atoms with van der Waals surface area (Å²) >= 11 is 8.60. The van der Waals surface area contributed by atoms with E-state index in [1.54, 1.807) is 23.0 Å². The van der Waals surface area contributed by atoms with Crippen molar-refractivity contribution in [3.63, 3.8) is 0 Å². The van der Waals surface area contributed by atoms with E-state index in [-0.39, 0.29) is 5.75 Å². The number of nitrogens with zero attached hydrogens (tertiary/aromatic N) is 3. The van der Waals surface area contributed by atoms with Gasteiger partial charge < -0.3 is 9.84 Å². The number of phenols is 1. The fourth-order valence-electron chi connectivity index (χ4n) is 2.39. The summed E-state index contributed by atoms with van der Waals surface area (Å²) in [5, 5.41) is 21.5. The Morgan fingerprint density at radius 2 is 2.12 bits per heavy atom. The van der Waals surface area contributed by atoms with E-state index < -0.39 is 0 Å². The first-order valence-corrected chi connectivity index (χ1v) is 9.08. The Labute approximate surface area is 154 Å². The van der Waals surface area contributed by atoms with Crippen LogP contribution in [-0.2, 0) is 0 Å². The smallest absolute Gasteiger partial charge is 0.216 e. The van der Waals surface area contributed by atoms with E-state index in [9.17, 15) is 5.11 Å². The molecule has 0 saturated carbocycles. The van der Waals surface area contributed by atoms with Crippen LogP contribution in [0.25, 0.3) is 0 Å². The molecule has 2 N–H and O–H groups in total. The highest BCUT2D eigenvalue weighted by Gasteiger charge is 2.15. The van der Waals surface area contributed by atoms with Gasteiger partial charge in [0.15, 0.2) is 17.3 Å². The minimum atomic E-state index is 0.0756. The van der Waals surface area contributed by atoms with Crippen LogP contribution in [0, 0.1) is 4.77 Å². The van der Waals surface area contributed by atoms with Gasteiger partial charge in [-0.05, 0) is 65.6 Å². The number of hydrogen-bond donors (Lipinski definition) is 2. The van der Waals surface area contributed by atoms with Gasteiger partial charge in [0.1, 0.15) is 0 Å². The molecule has 0 amide bonds. The van der Waals surface area contributed by atoms with Crippen LogP contribution in [-0.4, -0.2) is 32.8 Å². The molecule has 0 aliphatic rings. The van der Waals surface area contributed by atoms with Crippen molar-refractivity contribution in [2.24, 2.45) is 5.10 Å². The number of benzene rings is 1. The third-order valence-electron chi connectivity index (χ3n) is 3.70. The summed E-state index contributed by atoms with van der Waals surface area (Å²) < 4.78 is 8.08. The molecular weight excluding hydrogens is 392 g/mol. The number of phenolic OH excluding ortho intramolecular Hbond substituents is 1. The van der Waals surface area contributed by atoms with Gasteiger partial charge in [0.05, 0.1) is 17.3 Å². The first-order chi connectivity index (χ1) is 11.5. The van der Waals surface area contributed by atoms with Gasteiger partial charge in [-0.25, -0.2) is 0 Å². The molecule has 8 heteroatoms. The second-order valence-corrected chi connectivity index (χ2v) is 6.48. The molecular formula is C16H21BrN4O2S. The number of aromatic amines is 1. The summed E-state index contributed by atoms with van der Waals surface area (Å²) in [6, 6.07) is 3.50. The molecule has 0 aliphatic carbocycles. The first-order valence-electron chi connectivity index (χ1n) is 7.88. The Bertz CT molecular complexity index is 781. The van der Waals surface area contributed by atoms with E-state index >= 15 is 0 Å². The lowest BCUT2D eigenvalue weighted by atomic mass is 10.0. The van der Waals surface area contributed by atoms with Crippen molar-refractivity contribution in [3.05, 3.63) is 32.8 Å². The molecule has 130 valence electrons. The molecule has 0 unspecified atom stereocenters. The number of hydrogen-bond acceptors (Lipinski definition) is 5. The van der Waals surface area contributed by atoms with Crippen LogP contribution in [0.15, 0.2) is 21.7 Å². The van der Waals surface area contributed by atoms with Gasteiger partial charge in [-0.3, -0.25) is 5.10 Å². The second kappa shape index (κ2) is 8.43. The van der Waals surface area contributed by atoms with Gasteiger partial charge in [-0.2, -0.15) is 14.9 Å². The molecule has 0 bridgehead atoms. The molecule has 0 radical (unpaired) electrons. The summed E-state index contributed by atoms with van der Waals surface area (Å²) in [6.45, 7) is 6.56. The summed E-state index contributed by atoms with van der Waals surface area (Å²) in [4.78, 5) is 0. The summed E-state index contributed by atoms with van der Waals surface area (Å²) in [7, 11) is 0. The molecule has 1 heterocycles. The Morgan fingerprint density at radius 3 is 2.75 bits per heavy atom. The number of H-pyrrole nitrogens is 1. The highest BCUT2D eigenvalue weighted by Crippen LogP contribution is 2.35. The maximum atomic E-state index is 9.98. The lowest BCUT2D eigenvalue weighted by Gasteiger charge is -2.10. The average molecular weight is 413 g/mol. The quantitative estimate of drug-likeness (QED) is 0.514. The third-order valence-corrected chi connectivity index (χ3v) is 4.57. The van der Waals surface area contributed by atoms with Crippen molar-refractivity contribution in [2.75, 3.05) is 6.61 Å². The van der Waals surface area contributed by atoms with E-state index in [0.29, 0.717) is 27.5 Å². The average Bonchev–Trinajstić information content (AvgIpc) is 2.92. The minimum absolute atomic E-state index is 0.0756. The lowest BCUT2D eigenvalue weighted by molar-refractivity contribution is 0.317. The molecule has 2 rings (SSSR count). The van der Waals surface area contributed by atoms with Crippen LogP contribution < -0.4 is 4.74 Å². The first kappa shape index (κ1) is 18.7. The molecule has 2 aromatic rings. The molecule has 24 heavy (non-hydrogen) atoms. The largest absolute Gasteiger partial charge is 0.503 e. The van der Waals surface area contributed by atoms with Gasteiger partial charge in [0, 0.05) is 5.92 Å². The molecule has 1 aromatic heterocycles. The maximum absolute atomic E-state index is 9.98. The highest BCUT2D eigenvalue weighted by molar-refractivity contribution is 9.10. The Kier molecular flexibility index (Phi) is 6.56. The molecule has 0 aliphatic heterocycles. The van der Waals surface area contributed by atoms with Gasteiger partial charge in [0.2, 0.25) is 4.77 Å². The Balaban J connectivity index is 2.39. The second-order valence-electron chi connectivity index (χ2n) is 5.24. The van der Waals surface area contributed by atoms with E-state index in [4.69, 9.17) is 17.0 Å². The molecule has 0 atom stereocenters. The van der Waals surface area contributed by atoms with E-state index in [1.165, 1.54) is 0 Å². The molecule has 0 spiro atoms. The van der Waals surface area contributed by atoms with Crippen molar-refractivity contribution in [1.29, 1.82) is 0 Å². The summed E-state index contributed by atoms with van der Waals surface area (Å²) in [5.74, 6) is 1.60. The van der Waals surface area contributed by atoms with Crippen LogP contribution in [0.5, 0.6) is 11.5 Å². The zero-order chi connectivity index (χ0) is 17.7. The number of halogens is 1. The van der Waals surface area contributed by atoms with Crippen molar-refractivity contribution in [3.8, 4) is 11.5 Å². The molecule has 0 saturated heterocycles. The molecule has 0 fully saturated rings. The number of nitrogens with one attached hydrogen (secondary N) is 1. The Hall–Kier alpha value is -1.67. The molecule has 6 nitrogen and oxygen atoms in total. The predicted octanol–water partition coefficient (Wildman–Crippen LogP) is 4.59. The van der Waals surface area contributed by atoms with E-state index in [1.807, 2.05) is 6.92 Å². The van der Waals surface area contributed by atoms with Crippen molar-refractivity contribution in [1.82, 2.24) is 14.9 Å². The van der Waals surface area contributed by atoms with Crippen molar-refractivity contribution >= 4 is 34.4 Å². The van der Waals surface area contributed by atoms with Crippen LogP contribution in [0.4, 0.5) is 0 Å². The summed E-state index contributed by atoms with van der Waals surface area (Å²) in [5.41, 5.74) is 0.779. The van der Waals surface area contributed by atoms with Gasteiger partial charge in [-0.1, -0.05) is 13.8 Å². The van der Waals surface area contributed by atoms with E-state index in [0.717, 1.165) is 24.2 Å². The number of rotatable bonds is 7. The van der Waals surface area contributed by atoms with Gasteiger partial charge >= 0.3 is 0 Å². The predicted molar refractivity (Wildman–Crippen MR) is 101 cm³/mol. The van der Waals surface area contributed by atoms with Crippen LogP contribution in [0.3, 0.4) is 0 Å². The zero-order valence-corrected chi connectivity index (χ0v) is 16.3. The van der Waals surface area contributed by atoms with Crippen LogP contribution in [0.1, 0.15) is 50.9 Å². The topological polar surface area (TPSA) is 75.4 Å². The maximum Gasteiger partial charge on any atom is 0.216 e.